The summed E-state index contributed by atoms with van der Waals surface area (Å²) in [7, 11) is 0. The Kier molecular flexibility index (Phi) is 4.91. The molecule has 1 aliphatic rings. The summed E-state index contributed by atoms with van der Waals surface area (Å²) in [6, 6.07) is 6.27. The van der Waals surface area contributed by atoms with Gasteiger partial charge in [-0.3, -0.25) is 4.79 Å². The summed E-state index contributed by atoms with van der Waals surface area (Å²) in [5.74, 6) is 0.268. The van der Waals surface area contributed by atoms with Gasteiger partial charge in [-0.15, -0.1) is 0 Å². The predicted octanol–water partition coefficient (Wildman–Crippen LogP) is 1.47. The summed E-state index contributed by atoms with van der Waals surface area (Å²) in [6.45, 7) is 5.40. The third-order valence-electron chi connectivity index (χ3n) is 3.72. The van der Waals surface area contributed by atoms with Crippen LogP contribution in [0, 0.1) is 11.7 Å². The smallest absolute Gasteiger partial charge is 0.230 e. The molecule has 1 aromatic carbocycles. The Bertz CT molecular complexity index is 436. The van der Waals surface area contributed by atoms with Gasteiger partial charge in [0.25, 0.3) is 0 Å². The quantitative estimate of drug-likeness (QED) is 0.849. The Balaban J connectivity index is 1.77. The molecule has 0 spiro atoms. The van der Waals surface area contributed by atoms with E-state index in [1.807, 2.05) is 0 Å². The van der Waals surface area contributed by atoms with E-state index in [2.05, 4.69) is 12.2 Å². The molecular weight excluding hydrogens is 243 g/mol. The van der Waals surface area contributed by atoms with Crippen molar-refractivity contribution < 1.29 is 14.1 Å². The molecule has 1 heterocycles. The number of nitrogens with one attached hydrogen (secondary N) is 2. The first-order valence-corrected chi connectivity index (χ1v) is 7.03. The van der Waals surface area contributed by atoms with Crippen molar-refractivity contribution in [2.45, 2.75) is 26.2 Å². The largest absolute Gasteiger partial charge is 0.334 e. The number of anilines is 1. The highest BCUT2D eigenvalue weighted by Gasteiger charge is 2.20. The fraction of sp³-hybridized carbons (Fsp3) is 0.533. The first kappa shape index (κ1) is 14.0. The fourth-order valence-electron chi connectivity index (χ4n) is 2.69. The number of hydrogen-bond donors (Lipinski definition) is 2. The maximum atomic E-state index is 13.4. The number of halogens is 1. The topological polar surface area (TPSA) is 33.5 Å². The lowest BCUT2D eigenvalue weighted by Crippen LogP contribution is -3.13. The van der Waals surface area contributed by atoms with E-state index in [-0.39, 0.29) is 17.4 Å². The number of quaternary nitrogens is 1. The Labute approximate surface area is 113 Å². The lowest BCUT2D eigenvalue weighted by Gasteiger charge is -2.27. The van der Waals surface area contributed by atoms with Crippen molar-refractivity contribution in [3.8, 4) is 0 Å². The van der Waals surface area contributed by atoms with Crippen molar-refractivity contribution in [1.29, 1.82) is 0 Å². The molecule has 3 nitrogen and oxygen atoms in total. The van der Waals surface area contributed by atoms with Crippen LogP contribution in [0.3, 0.4) is 0 Å². The highest BCUT2D eigenvalue weighted by atomic mass is 19.1. The molecule has 104 valence electrons. The molecule has 2 rings (SSSR count). The van der Waals surface area contributed by atoms with Gasteiger partial charge in [-0.1, -0.05) is 19.1 Å². The number of hydrogen-bond acceptors (Lipinski definition) is 1. The number of amides is 1. The van der Waals surface area contributed by atoms with E-state index in [9.17, 15) is 9.18 Å². The minimum Gasteiger partial charge on any atom is -0.334 e. The van der Waals surface area contributed by atoms with E-state index < -0.39 is 0 Å². The van der Waals surface area contributed by atoms with Crippen LogP contribution in [0.5, 0.6) is 0 Å². The summed E-state index contributed by atoms with van der Waals surface area (Å²) in [6.07, 6.45) is 2.99. The number of carbonyl (C=O) groups excluding carboxylic acids is 1. The first-order chi connectivity index (χ1) is 9.15. The van der Waals surface area contributed by atoms with E-state index in [4.69, 9.17) is 0 Å². The minimum atomic E-state index is -0.380. The molecule has 1 fully saturated rings. The molecular formula is C15H22FN2O+. The van der Waals surface area contributed by atoms with Gasteiger partial charge in [-0.25, -0.2) is 4.39 Å². The van der Waals surface area contributed by atoms with Crippen molar-refractivity contribution in [1.82, 2.24) is 0 Å². The average Bonchev–Trinajstić information content (AvgIpc) is 2.39. The normalized spacial score (nSPS) is 23.1. The molecule has 0 aromatic heterocycles. The van der Waals surface area contributed by atoms with Gasteiger partial charge in [0, 0.05) is 5.92 Å². The molecule has 1 amide bonds. The predicted molar refractivity (Wildman–Crippen MR) is 73.6 cm³/mol. The van der Waals surface area contributed by atoms with Crippen LogP contribution >= 0.6 is 0 Å². The molecule has 0 radical (unpaired) electrons. The second-order valence-electron chi connectivity index (χ2n) is 5.48. The number of piperidine rings is 1. The van der Waals surface area contributed by atoms with Gasteiger partial charge in [0.15, 0.2) is 0 Å². The van der Waals surface area contributed by atoms with Crippen molar-refractivity contribution in [2.24, 2.45) is 5.92 Å². The van der Waals surface area contributed by atoms with E-state index >= 15 is 0 Å². The number of benzene rings is 1. The molecule has 1 aromatic rings. The van der Waals surface area contributed by atoms with Crippen molar-refractivity contribution >= 4 is 11.6 Å². The summed E-state index contributed by atoms with van der Waals surface area (Å²) < 4.78 is 13.4. The Morgan fingerprint density at radius 3 is 3.00 bits per heavy atom. The summed E-state index contributed by atoms with van der Waals surface area (Å²) in [4.78, 5) is 13.3. The monoisotopic (exact) mass is 265 g/mol. The zero-order valence-electron chi connectivity index (χ0n) is 11.4. The van der Waals surface area contributed by atoms with Gasteiger partial charge >= 0.3 is 0 Å². The maximum absolute atomic E-state index is 13.4. The minimum absolute atomic E-state index is 0.101. The Hall–Kier alpha value is -1.42. The number of rotatable bonds is 4. The summed E-state index contributed by atoms with van der Waals surface area (Å²) in [5, 5.41) is 2.63. The van der Waals surface area contributed by atoms with Gasteiger partial charge in [-0.05, 0) is 25.0 Å². The lowest BCUT2D eigenvalue weighted by atomic mass is 10.0. The SMILES string of the molecule is CC1CCC[NH+](CCC(=O)Nc2ccccc2F)C1. The third-order valence-corrected chi connectivity index (χ3v) is 3.72. The average molecular weight is 265 g/mol. The maximum Gasteiger partial charge on any atom is 0.230 e. The molecule has 0 aliphatic carbocycles. The van der Waals surface area contributed by atoms with Crippen LogP contribution in [0.15, 0.2) is 24.3 Å². The molecule has 2 atom stereocenters. The molecule has 4 heteroatoms. The number of para-hydroxylation sites is 1. The van der Waals surface area contributed by atoms with Crippen LogP contribution in [-0.2, 0) is 4.79 Å². The zero-order valence-corrected chi connectivity index (χ0v) is 11.4. The van der Waals surface area contributed by atoms with Crippen LogP contribution in [-0.4, -0.2) is 25.5 Å². The lowest BCUT2D eigenvalue weighted by molar-refractivity contribution is -0.907. The second kappa shape index (κ2) is 6.66. The second-order valence-corrected chi connectivity index (χ2v) is 5.48. The van der Waals surface area contributed by atoms with E-state index in [0.717, 1.165) is 25.6 Å². The Morgan fingerprint density at radius 2 is 2.26 bits per heavy atom. The fourth-order valence-corrected chi connectivity index (χ4v) is 2.69. The Morgan fingerprint density at radius 1 is 1.47 bits per heavy atom. The molecule has 0 saturated carbocycles. The zero-order chi connectivity index (χ0) is 13.7. The summed E-state index contributed by atoms with van der Waals surface area (Å²) >= 11 is 0. The van der Waals surface area contributed by atoms with Gasteiger partial charge in [0.1, 0.15) is 5.82 Å². The highest BCUT2D eigenvalue weighted by Crippen LogP contribution is 2.12. The molecule has 1 saturated heterocycles. The molecule has 1 aliphatic heterocycles. The molecule has 0 bridgehead atoms. The van der Waals surface area contributed by atoms with Crippen LogP contribution in [0.1, 0.15) is 26.2 Å². The number of likely N-dealkylation sites (tertiary alicyclic amines) is 1. The van der Waals surface area contributed by atoms with E-state index in [1.54, 1.807) is 18.2 Å². The standard InChI is InChI=1S/C15H21FN2O/c1-12-5-4-9-18(11-12)10-8-15(19)17-14-7-3-2-6-13(14)16/h2-3,6-7,12H,4-5,8-11H2,1H3,(H,17,19)/p+1. The van der Waals surface area contributed by atoms with Crippen LogP contribution < -0.4 is 10.2 Å². The van der Waals surface area contributed by atoms with Gasteiger partial charge in [0.05, 0.1) is 31.7 Å². The van der Waals surface area contributed by atoms with Crippen molar-refractivity contribution in [2.75, 3.05) is 25.0 Å². The van der Waals surface area contributed by atoms with Crippen molar-refractivity contribution in [3.63, 3.8) is 0 Å². The van der Waals surface area contributed by atoms with Crippen molar-refractivity contribution in [3.05, 3.63) is 30.1 Å². The van der Waals surface area contributed by atoms with Crippen LogP contribution in [0.2, 0.25) is 0 Å². The van der Waals surface area contributed by atoms with E-state index in [0.29, 0.717) is 6.42 Å². The first-order valence-electron chi connectivity index (χ1n) is 7.03. The van der Waals surface area contributed by atoms with E-state index in [1.165, 1.54) is 23.8 Å². The highest BCUT2D eigenvalue weighted by molar-refractivity contribution is 5.90. The van der Waals surface area contributed by atoms with Crippen LogP contribution in [0.25, 0.3) is 0 Å². The van der Waals surface area contributed by atoms with Gasteiger partial charge in [0.2, 0.25) is 5.91 Å². The molecule has 19 heavy (non-hydrogen) atoms. The van der Waals surface area contributed by atoms with Gasteiger partial charge in [-0.2, -0.15) is 0 Å². The molecule has 2 unspecified atom stereocenters. The third kappa shape index (κ3) is 4.31. The molecule has 2 N–H and O–H groups in total. The van der Waals surface area contributed by atoms with Crippen LogP contribution in [0.4, 0.5) is 10.1 Å². The summed E-state index contributed by atoms with van der Waals surface area (Å²) in [5.41, 5.74) is 0.273. The number of carbonyl (C=O) groups is 1. The van der Waals surface area contributed by atoms with Gasteiger partial charge < -0.3 is 10.2 Å².